The van der Waals surface area contributed by atoms with Crippen LogP contribution in [0.3, 0.4) is 0 Å². The molecule has 0 radical (unpaired) electrons. The summed E-state index contributed by atoms with van der Waals surface area (Å²) in [5.41, 5.74) is 1.05. The number of anilines is 1. The number of ketones is 1. The number of rotatable bonds is 8. The van der Waals surface area contributed by atoms with Crippen LogP contribution in [-0.2, 0) is 14.3 Å². The fourth-order valence-corrected chi connectivity index (χ4v) is 5.54. The zero-order chi connectivity index (χ0) is 28.4. The van der Waals surface area contributed by atoms with Crippen LogP contribution in [0.2, 0.25) is 0 Å². The molecule has 5 rings (SSSR count). The van der Waals surface area contributed by atoms with Gasteiger partial charge in [0.1, 0.15) is 29.6 Å². The molecule has 2 aromatic carbocycles. The van der Waals surface area contributed by atoms with Crippen molar-refractivity contribution in [1.29, 1.82) is 0 Å². The van der Waals surface area contributed by atoms with Gasteiger partial charge >= 0.3 is 11.9 Å². The molecular formula is C29H28N2O8S. The highest BCUT2D eigenvalue weighted by molar-refractivity contribution is 7.17. The molecule has 1 N–H and O–H groups in total. The van der Waals surface area contributed by atoms with Crippen molar-refractivity contribution in [2.75, 3.05) is 31.3 Å². The third kappa shape index (κ3) is 5.00. The van der Waals surface area contributed by atoms with Crippen LogP contribution in [0.4, 0.5) is 5.13 Å². The third-order valence-electron chi connectivity index (χ3n) is 6.36. The highest BCUT2D eigenvalue weighted by Crippen LogP contribution is 2.45. The number of carbonyl (C=O) groups is 3. The molecule has 0 aliphatic carbocycles. The number of fused-ring (bicyclic) bond motifs is 1. The van der Waals surface area contributed by atoms with Crippen LogP contribution in [0.1, 0.15) is 52.8 Å². The van der Waals surface area contributed by atoms with Gasteiger partial charge in [0.2, 0.25) is 0 Å². The minimum atomic E-state index is -1.04. The lowest BCUT2D eigenvalue weighted by molar-refractivity contribution is -0.132. The van der Waals surface area contributed by atoms with E-state index >= 15 is 0 Å². The lowest BCUT2D eigenvalue weighted by Gasteiger charge is -2.24. The maximum Gasteiger partial charge on any atom is 0.350 e. The van der Waals surface area contributed by atoms with E-state index in [1.807, 2.05) is 6.92 Å². The molecule has 2 aliphatic rings. The van der Waals surface area contributed by atoms with Gasteiger partial charge in [0.05, 0.1) is 30.5 Å². The summed E-state index contributed by atoms with van der Waals surface area (Å²) in [6.45, 7) is 6.72. The molecule has 10 nitrogen and oxygen atoms in total. The van der Waals surface area contributed by atoms with E-state index in [9.17, 15) is 19.5 Å². The number of carbonyl (C=O) groups excluding carboxylic acids is 3. The van der Waals surface area contributed by atoms with E-state index in [2.05, 4.69) is 4.98 Å². The lowest BCUT2D eigenvalue weighted by Crippen LogP contribution is -2.29. The first-order valence-electron chi connectivity index (χ1n) is 12.9. The topological polar surface area (TPSA) is 124 Å². The van der Waals surface area contributed by atoms with Crippen LogP contribution in [0.25, 0.3) is 5.76 Å². The Hall–Kier alpha value is -4.38. The van der Waals surface area contributed by atoms with Gasteiger partial charge in [-0.05, 0) is 56.2 Å². The molecule has 40 heavy (non-hydrogen) atoms. The van der Waals surface area contributed by atoms with Gasteiger partial charge in [0.15, 0.2) is 16.6 Å². The first-order chi connectivity index (χ1) is 19.3. The molecule has 3 heterocycles. The molecule has 0 saturated carbocycles. The fourth-order valence-electron chi connectivity index (χ4n) is 4.56. The van der Waals surface area contributed by atoms with Gasteiger partial charge < -0.3 is 24.1 Å². The summed E-state index contributed by atoms with van der Waals surface area (Å²) in [4.78, 5) is 45.5. The van der Waals surface area contributed by atoms with Crippen molar-refractivity contribution >= 4 is 39.9 Å². The van der Waals surface area contributed by atoms with E-state index in [1.54, 1.807) is 56.3 Å². The molecule has 3 aromatic rings. The second kappa shape index (κ2) is 11.4. The first-order valence-corrected chi connectivity index (χ1v) is 13.7. The maximum atomic E-state index is 13.6. The van der Waals surface area contributed by atoms with Crippen molar-refractivity contribution in [3.8, 4) is 17.2 Å². The van der Waals surface area contributed by atoms with Crippen LogP contribution in [0.15, 0.2) is 48.0 Å². The molecule has 1 amide bonds. The van der Waals surface area contributed by atoms with Crippen molar-refractivity contribution in [3.05, 3.63) is 69.7 Å². The zero-order valence-corrected chi connectivity index (χ0v) is 23.1. The van der Waals surface area contributed by atoms with Gasteiger partial charge in [0, 0.05) is 5.56 Å². The van der Waals surface area contributed by atoms with Crippen molar-refractivity contribution in [1.82, 2.24) is 4.98 Å². The quantitative estimate of drug-likeness (QED) is 0.178. The summed E-state index contributed by atoms with van der Waals surface area (Å²) in [7, 11) is 0. The smallest absolute Gasteiger partial charge is 0.350 e. The number of nitrogens with zero attached hydrogens (tertiary/aromatic N) is 2. The Morgan fingerprint density at radius 2 is 1.90 bits per heavy atom. The number of amides is 1. The summed E-state index contributed by atoms with van der Waals surface area (Å²) in [6, 6.07) is 10.8. The average Bonchev–Trinajstić information content (AvgIpc) is 3.47. The molecule has 2 aliphatic heterocycles. The number of aliphatic hydroxyl groups excluding tert-OH is 1. The highest BCUT2D eigenvalue weighted by atomic mass is 32.1. The molecule has 0 spiro atoms. The molecule has 0 unspecified atom stereocenters. The summed E-state index contributed by atoms with van der Waals surface area (Å²) >= 11 is 0.950. The van der Waals surface area contributed by atoms with Crippen LogP contribution in [0.5, 0.6) is 17.2 Å². The Balaban J connectivity index is 1.66. The number of hydrogen-bond acceptors (Lipinski definition) is 10. The van der Waals surface area contributed by atoms with Crippen molar-refractivity contribution in [2.45, 2.75) is 33.2 Å². The molecule has 11 heteroatoms. The predicted molar refractivity (Wildman–Crippen MR) is 147 cm³/mol. The molecule has 1 fully saturated rings. The molecule has 1 atom stereocenters. The summed E-state index contributed by atoms with van der Waals surface area (Å²) in [5.74, 6) is -1.22. The SMILES string of the molecule is CCCOc1cccc([C@H]2C(=C(O)c3ccc4c(c3)OCCO4)C(=O)C(=O)N2c2nc(C)c(C(=O)OCC)s2)c1. The van der Waals surface area contributed by atoms with E-state index in [4.69, 9.17) is 18.9 Å². The molecule has 208 valence electrons. The minimum Gasteiger partial charge on any atom is -0.507 e. The second-order valence-corrected chi connectivity index (χ2v) is 10.1. The highest BCUT2D eigenvalue weighted by Gasteiger charge is 2.48. The van der Waals surface area contributed by atoms with Crippen LogP contribution in [-0.4, -0.2) is 54.2 Å². The van der Waals surface area contributed by atoms with E-state index in [-0.39, 0.29) is 33.5 Å². The second-order valence-electron chi connectivity index (χ2n) is 9.08. The minimum absolute atomic E-state index is 0.125. The number of thiazole rings is 1. The number of aromatic nitrogens is 1. The largest absolute Gasteiger partial charge is 0.507 e. The molecule has 1 saturated heterocycles. The standard InChI is InChI=1S/C29H28N2O8S/c1-4-11-37-19-8-6-7-17(14-19)23-22(24(32)18-9-10-20-21(15-18)39-13-12-38-20)25(33)27(34)31(23)29-30-16(3)26(40-29)28(35)36-5-2/h6-10,14-15,23,32H,4-5,11-13H2,1-3H3/t23-/m0/s1. The lowest BCUT2D eigenvalue weighted by atomic mass is 9.95. The van der Waals surface area contributed by atoms with E-state index < -0.39 is 23.7 Å². The van der Waals surface area contributed by atoms with Crippen LogP contribution >= 0.6 is 11.3 Å². The molecule has 0 bridgehead atoms. The number of Topliss-reactive ketones (excluding diaryl/α,β-unsaturated/α-hetero) is 1. The zero-order valence-electron chi connectivity index (χ0n) is 22.3. The van der Waals surface area contributed by atoms with Gasteiger partial charge in [-0.15, -0.1) is 0 Å². The van der Waals surface area contributed by atoms with E-state index in [0.29, 0.717) is 48.3 Å². The normalized spacial score (nSPS) is 17.7. The number of hydrogen-bond donors (Lipinski definition) is 1. The Morgan fingerprint density at radius 1 is 1.12 bits per heavy atom. The number of aliphatic hydroxyl groups is 1. The molecular weight excluding hydrogens is 536 g/mol. The van der Waals surface area contributed by atoms with Crippen LogP contribution in [0, 0.1) is 6.92 Å². The Morgan fingerprint density at radius 3 is 2.65 bits per heavy atom. The Labute approximate surface area is 234 Å². The maximum absolute atomic E-state index is 13.6. The van der Waals surface area contributed by atoms with Gasteiger partial charge in [-0.3, -0.25) is 14.5 Å². The van der Waals surface area contributed by atoms with Crippen molar-refractivity contribution < 1.29 is 38.4 Å². The van der Waals surface area contributed by atoms with Gasteiger partial charge in [0.25, 0.3) is 5.78 Å². The van der Waals surface area contributed by atoms with Gasteiger partial charge in [-0.25, -0.2) is 9.78 Å². The predicted octanol–water partition coefficient (Wildman–Crippen LogP) is 4.81. The number of esters is 1. The summed E-state index contributed by atoms with van der Waals surface area (Å²) < 4.78 is 22.2. The van der Waals surface area contributed by atoms with Gasteiger partial charge in [-0.1, -0.05) is 30.4 Å². The number of aryl methyl sites for hydroxylation is 1. The van der Waals surface area contributed by atoms with Crippen molar-refractivity contribution in [3.63, 3.8) is 0 Å². The fraction of sp³-hybridized carbons (Fsp3) is 0.310. The average molecular weight is 565 g/mol. The summed E-state index contributed by atoms with van der Waals surface area (Å²) in [6.07, 6.45) is 0.793. The summed E-state index contributed by atoms with van der Waals surface area (Å²) in [5, 5.41) is 11.6. The Kier molecular flexibility index (Phi) is 7.74. The molecule has 1 aromatic heterocycles. The third-order valence-corrected chi connectivity index (χ3v) is 7.50. The number of ether oxygens (including phenoxy) is 4. The monoisotopic (exact) mass is 564 g/mol. The van der Waals surface area contributed by atoms with E-state index in [0.717, 1.165) is 17.8 Å². The first kappa shape index (κ1) is 27.2. The van der Waals surface area contributed by atoms with E-state index in [1.165, 1.54) is 4.90 Å². The van der Waals surface area contributed by atoms with Crippen molar-refractivity contribution in [2.24, 2.45) is 0 Å². The van der Waals surface area contributed by atoms with Gasteiger partial charge in [-0.2, -0.15) is 0 Å². The number of benzene rings is 2. The Bertz CT molecular complexity index is 1510. The van der Waals surface area contributed by atoms with Crippen LogP contribution < -0.4 is 19.1 Å².